The topological polar surface area (TPSA) is 79.2 Å². The molecule has 1 aliphatic rings. The van der Waals surface area contributed by atoms with E-state index in [9.17, 15) is 9.59 Å². The first-order chi connectivity index (χ1) is 14.3. The highest BCUT2D eigenvalue weighted by atomic mass is 19.1. The third kappa shape index (κ3) is 3.18. The lowest BCUT2D eigenvalue weighted by Gasteiger charge is -2.29. The summed E-state index contributed by atoms with van der Waals surface area (Å²) in [5, 5.41) is 0.779. The summed E-state index contributed by atoms with van der Waals surface area (Å²) in [5.74, 6) is -0.983. The number of primary amides is 1. The van der Waals surface area contributed by atoms with Gasteiger partial charge in [0, 0.05) is 29.7 Å². The van der Waals surface area contributed by atoms with E-state index in [-0.39, 0.29) is 18.1 Å². The number of carbonyl (C=O) groups is 2. The van der Waals surface area contributed by atoms with Crippen LogP contribution in [0.2, 0.25) is 0 Å². The second-order valence-corrected chi connectivity index (χ2v) is 7.82. The van der Waals surface area contributed by atoms with Gasteiger partial charge < -0.3 is 15.6 Å². The molecular formula is C24H24FN3O2. The quantitative estimate of drug-likeness (QED) is 0.650. The summed E-state index contributed by atoms with van der Waals surface area (Å²) in [6, 6.07) is 7.21. The molecule has 0 unspecified atom stereocenters. The van der Waals surface area contributed by atoms with Crippen LogP contribution in [0.3, 0.4) is 0 Å². The molecule has 1 aliphatic heterocycles. The van der Waals surface area contributed by atoms with Gasteiger partial charge in [0.2, 0.25) is 11.8 Å². The molecule has 0 spiro atoms. The molecule has 2 heterocycles. The molecule has 0 bridgehead atoms. The Labute approximate surface area is 174 Å². The first-order valence-electron chi connectivity index (χ1n) is 9.92. The van der Waals surface area contributed by atoms with Crippen LogP contribution in [-0.2, 0) is 29.0 Å². The second-order valence-electron chi connectivity index (χ2n) is 7.82. The minimum absolute atomic E-state index is 0.0292. The minimum atomic E-state index is -0.502. The Morgan fingerprint density at radius 1 is 1.33 bits per heavy atom. The molecule has 0 fully saturated rings. The number of fused-ring (bicyclic) bond motifs is 2. The van der Waals surface area contributed by atoms with Gasteiger partial charge >= 0.3 is 0 Å². The maximum atomic E-state index is 15.5. The second kappa shape index (κ2) is 7.44. The van der Waals surface area contributed by atoms with E-state index in [0.29, 0.717) is 30.6 Å². The van der Waals surface area contributed by atoms with Crippen molar-refractivity contribution in [1.82, 2.24) is 9.88 Å². The summed E-state index contributed by atoms with van der Waals surface area (Å²) >= 11 is 0. The first kappa shape index (κ1) is 19.9. The summed E-state index contributed by atoms with van der Waals surface area (Å²) in [6.07, 6.45) is 1.93. The van der Waals surface area contributed by atoms with E-state index in [1.807, 2.05) is 32.0 Å². The number of hydrogen-bond acceptors (Lipinski definition) is 2. The van der Waals surface area contributed by atoms with Crippen LogP contribution in [-0.4, -0.2) is 28.2 Å². The molecule has 0 aliphatic carbocycles. The van der Waals surface area contributed by atoms with Gasteiger partial charge in [-0.15, -0.1) is 0 Å². The van der Waals surface area contributed by atoms with E-state index in [2.05, 4.69) is 11.6 Å². The van der Waals surface area contributed by atoms with Crippen molar-refractivity contribution in [2.45, 2.75) is 33.2 Å². The fourth-order valence-electron chi connectivity index (χ4n) is 4.44. The number of halogens is 1. The van der Waals surface area contributed by atoms with Crippen molar-refractivity contribution in [3.05, 3.63) is 70.7 Å². The summed E-state index contributed by atoms with van der Waals surface area (Å²) < 4.78 is 15.5. The number of carbonyl (C=O) groups excluding carboxylic acids is 2. The van der Waals surface area contributed by atoms with Crippen molar-refractivity contribution in [3.63, 3.8) is 0 Å². The van der Waals surface area contributed by atoms with Gasteiger partial charge in [0.15, 0.2) is 0 Å². The number of nitrogens with two attached hydrogens (primary N) is 1. The number of rotatable bonds is 4. The van der Waals surface area contributed by atoms with E-state index in [1.54, 1.807) is 4.90 Å². The van der Waals surface area contributed by atoms with Gasteiger partial charge in [-0.2, -0.15) is 0 Å². The summed E-state index contributed by atoms with van der Waals surface area (Å²) in [5.41, 5.74) is 12.0. The summed E-state index contributed by atoms with van der Waals surface area (Å²) in [7, 11) is 0. The molecule has 3 N–H and O–H groups in total. The molecule has 2 amide bonds. The Hall–Kier alpha value is -3.41. The van der Waals surface area contributed by atoms with E-state index < -0.39 is 5.91 Å². The number of hydrogen-bond donors (Lipinski definition) is 2. The zero-order valence-electron chi connectivity index (χ0n) is 17.1. The Balaban J connectivity index is 1.94. The van der Waals surface area contributed by atoms with Gasteiger partial charge in [0.05, 0.1) is 11.9 Å². The molecule has 154 valence electrons. The maximum absolute atomic E-state index is 15.5. The Kier molecular flexibility index (Phi) is 4.94. The highest BCUT2D eigenvalue weighted by Gasteiger charge is 2.25. The zero-order valence-corrected chi connectivity index (χ0v) is 17.1. The molecule has 1 aromatic heterocycles. The average molecular weight is 405 g/mol. The van der Waals surface area contributed by atoms with Crippen LogP contribution in [0.1, 0.15) is 27.9 Å². The van der Waals surface area contributed by atoms with Crippen LogP contribution in [0.25, 0.3) is 22.0 Å². The van der Waals surface area contributed by atoms with Gasteiger partial charge in [-0.3, -0.25) is 9.59 Å². The van der Waals surface area contributed by atoms with E-state index in [4.69, 9.17) is 5.73 Å². The lowest BCUT2D eigenvalue weighted by molar-refractivity contribution is -0.126. The fourth-order valence-corrected chi connectivity index (χ4v) is 4.44. The molecule has 0 saturated heterocycles. The normalized spacial score (nSPS) is 13.4. The van der Waals surface area contributed by atoms with Crippen LogP contribution in [0, 0.1) is 19.7 Å². The van der Waals surface area contributed by atoms with Crippen LogP contribution in [0.4, 0.5) is 4.39 Å². The smallest absolute Gasteiger partial charge is 0.246 e. The van der Waals surface area contributed by atoms with Gasteiger partial charge in [-0.05, 0) is 60.2 Å². The minimum Gasteiger partial charge on any atom is -0.369 e. The Morgan fingerprint density at radius 2 is 2.10 bits per heavy atom. The molecular weight excluding hydrogens is 381 g/mol. The van der Waals surface area contributed by atoms with Gasteiger partial charge in [0.1, 0.15) is 5.82 Å². The third-order valence-electron chi connectivity index (χ3n) is 6.00. The van der Waals surface area contributed by atoms with Gasteiger partial charge in [-0.1, -0.05) is 24.8 Å². The fraction of sp³-hybridized carbons (Fsp3) is 0.250. The number of H-pyrrole nitrogens is 1. The number of amides is 2. The zero-order chi connectivity index (χ0) is 21.6. The molecule has 0 atom stereocenters. The Bertz CT molecular complexity index is 1210. The standard InChI is InChI=1S/C24H24FN3O2/c1-4-21(30)28-9-8-17-15(12-28)6-5-7-18(17)23-19(25)10-16(11-20(26)29)24-22(23)13(2)14(3)27-24/h4-7,10,27H,1,8-9,11-12H2,2-3H3,(H2,26,29). The number of benzene rings is 2. The number of aromatic nitrogens is 1. The highest BCUT2D eigenvalue weighted by molar-refractivity contribution is 6.02. The van der Waals surface area contributed by atoms with Gasteiger partial charge in [0.25, 0.3) is 0 Å². The number of nitrogens with zero attached hydrogens (tertiary/aromatic N) is 1. The van der Waals surface area contributed by atoms with Crippen LogP contribution in [0.5, 0.6) is 0 Å². The van der Waals surface area contributed by atoms with Crippen molar-refractivity contribution in [2.24, 2.45) is 5.73 Å². The van der Waals surface area contributed by atoms with Crippen LogP contribution >= 0.6 is 0 Å². The molecule has 2 aromatic carbocycles. The van der Waals surface area contributed by atoms with E-state index in [1.165, 1.54) is 12.1 Å². The summed E-state index contributed by atoms with van der Waals surface area (Å²) in [4.78, 5) is 28.6. The van der Waals surface area contributed by atoms with Crippen molar-refractivity contribution in [2.75, 3.05) is 6.54 Å². The van der Waals surface area contributed by atoms with E-state index in [0.717, 1.165) is 38.9 Å². The monoisotopic (exact) mass is 405 g/mol. The average Bonchev–Trinajstić information content (AvgIpc) is 3.01. The predicted molar refractivity (Wildman–Crippen MR) is 115 cm³/mol. The predicted octanol–water partition coefficient (Wildman–Crippen LogP) is 3.69. The van der Waals surface area contributed by atoms with Crippen LogP contribution < -0.4 is 5.73 Å². The lowest BCUT2D eigenvalue weighted by Crippen LogP contribution is -2.34. The van der Waals surface area contributed by atoms with Crippen molar-refractivity contribution < 1.29 is 14.0 Å². The third-order valence-corrected chi connectivity index (χ3v) is 6.00. The molecule has 5 nitrogen and oxygen atoms in total. The largest absolute Gasteiger partial charge is 0.369 e. The van der Waals surface area contributed by atoms with Crippen LogP contribution in [0.15, 0.2) is 36.9 Å². The van der Waals surface area contributed by atoms with Crippen molar-refractivity contribution >= 4 is 22.7 Å². The number of aryl methyl sites for hydroxylation is 2. The first-order valence-corrected chi connectivity index (χ1v) is 9.92. The number of nitrogens with one attached hydrogen (secondary N) is 1. The molecule has 6 heteroatoms. The molecule has 4 rings (SSSR count). The summed E-state index contributed by atoms with van der Waals surface area (Å²) in [6.45, 7) is 8.49. The lowest BCUT2D eigenvalue weighted by atomic mass is 9.87. The molecule has 0 radical (unpaired) electrons. The highest BCUT2D eigenvalue weighted by Crippen LogP contribution is 2.40. The molecule has 3 aromatic rings. The van der Waals surface area contributed by atoms with Crippen molar-refractivity contribution in [1.29, 1.82) is 0 Å². The van der Waals surface area contributed by atoms with Gasteiger partial charge in [-0.25, -0.2) is 4.39 Å². The molecule has 0 saturated carbocycles. The molecule has 30 heavy (non-hydrogen) atoms. The SMILES string of the molecule is C=CC(=O)N1CCc2c(cccc2-c2c(F)cc(CC(N)=O)c3[nH]c(C)c(C)c23)C1. The Morgan fingerprint density at radius 3 is 2.80 bits per heavy atom. The number of aromatic amines is 1. The maximum Gasteiger partial charge on any atom is 0.246 e. The van der Waals surface area contributed by atoms with E-state index >= 15 is 4.39 Å². The van der Waals surface area contributed by atoms with Crippen molar-refractivity contribution in [3.8, 4) is 11.1 Å².